The van der Waals surface area contributed by atoms with Crippen LogP contribution in [0.5, 0.6) is 5.75 Å². The zero-order valence-corrected chi connectivity index (χ0v) is 15.4. The normalized spacial score (nSPS) is 10.5. The van der Waals surface area contributed by atoms with E-state index >= 15 is 0 Å². The van der Waals surface area contributed by atoms with Crippen LogP contribution in [-0.2, 0) is 11.3 Å². The average molecular weight is 355 g/mol. The molecule has 2 N–H and O–H groups in total. The van der Waals surface area contributed by atoms with Gasteiger partial charge in [-0.3, -0.25) is 14.5 Å². The molecule has 2 amide bonds. The number of amides is 2. The lowest BCUT2D eigenvalue weighted by atomic mass is 10.2. The minimum Gasteiger partial charge on any atom is -0.494 e. The molecule has 0 saturated carbocycles. The van der Waals surface area contributed by atoms with E-state index in [1.807, 2.05) is 43.1 Å². The lowest BCUT2D eigenvalue weighted by Crippen LogP contribution is -2.29. The number of rotatable bonds is 8. The number of likely N-dealkylation sites (N-methyl/N-ethyl adjacent to an activating group) is 1. The van der Waals surface area contributed by atoms with Gasteiger partial charge < -0.3 is 15.4 Å². The minimum atomic E-state index is -0.155. The van der Waals surface area contributed by atoms with Gasteiger partial charge in [0.2, 0.25) is 5.91 Å². The summed E-state index contributed by atoms with van der Waals surface area (Å²) in [6, 6.07) is 14.6. The van der Waals surface area contributed by atoms with E-state index in [1.54, 1.807) is 31.3 Å². The summed E-state index contributed by atoms with van der Waals surface area (Å²) >= 11 is 0. The molecular weight excluding hydrogens is 330 g/mol. The van der Waals surface area contributed by atoms with Gasteiger partial charge in [0.25, 0.3) is 5.91 Å². The van der Waals surface area contributed by atoms with Gasteiger partial charge in [0.15, 0.2) is 0 Å². The molecule has 26 heavy (non-hydrogen) atoms. The van der Waals surface area contributed by atoms with Gasteiger partial charge >= 0.3 is 0 Å². The number of hydrogen-bond acceptors (Lipinski definition) is 4. The van der Waals surface area contributed by atoms with E-state index < -0.39 is 0 Å². The third-order valence-electron chi connectivity index (χ3n) is 3.76. The zero-order chi connectivity index (χ0) is 18.9. The number of carbonyl (C=O) groups excluding carboxylic acids is 2. The first-order valence-corrected chi connectivity index (χ1v) is 8.54. The number of nitrogens with zero attached hydrogens (tertiary/aromatic N) is 1. The Hall–Kier alpha value is -2.86. The smallest absolute Gasteiger partial charge is 0.251 e. The molecule has 0 bridgehead atoms. The predicted octanol–water partition coefficient (Wildman–Crippen LogP) is 2.52. The monoisotopic (exact) mass is 355 g/mol. The van der Waals surface area contributed by atoms with Crippen molar-refractivity contribution in [2.45, 2.75) is 13.5 Å². The van der Waals surface area contributed by atoms with E-state index in [9.17, 15) is 9.59 Å². The van der Waals surface area contributed by atoms with Crippen LogP contribution < -0.4 is 15.4 Å². The summed E-state index contributed by atoms with van der Waals surface area (Å²) in [5.74, 6) is 0.584. The van der Waals surface area contributed by atoms with E-state index in [4.69, 9.17) is 4.74 Å². The molecule has 0 fully saturated rings. The van der Waals surface area contributed by atoms with E-state index in [2.05, 4.69) is 10.6 Å². The molecule has 0 aliphatic rings. The third kappa shape index (κ3) is 5.89. The molecule has 0 spiro atoms. The van der Waals surface area contributed by atoms with Crippen LogP contribution in [0.15, 0.2) is 48.5 Å². The van der Waals surface area contributed by atoms with Crippen molar-refractivity contribution in [3.8, 4) is 5.75 Å². The van der Waals surface area contributed by atoms with Gasteiger partial charge in [0.05, 0.1) is 13.2 Å². The highest BCUT2D eigenvalue weighted by molar-refractivity contribution is 5.96. The number of nitrogens with one attached hydrogen (secondary N) is 2. The van der Waals surface area contributed by atoms with Crippen molar-refractivity contribution in [2.24, 2.45) is 0 Å². The average Bonchev–Trinajstić information content (AvgIpc) is 2.63. The molecule has 0 radical (unpaired) electrons. The fourth-order valence-electron chi connectivity index (χ4n) is 2.52. The molecule has 0 aromatic heterocycles. The van der Waals surface area contributed by atoms with Gasteiger partial charge in [-0.2, -0.15) is 0 Å². The van der Waals surface area contributed by atoms with Gasteiger partial charge in [-0.1, -0.05) is 12.1 Å². The summed E-state index contributed by atoms with van der Waals surface area (Å²) in [7, 11) is 3.48. The fourth-order valence-corrected chi connectivity index (χ4v) is 2.52. The molecule has 2 aromatic carbocycles. The molecule has 0 aliphatic heterocycles. The quantitative estimate of drug-likeness (QED) is 0.763. The Morgan fingerprint density at radius 1 is 1.04 bits per heavy atom. The maximum absolute atomic E-state index is 12.2. The summed E-state index contributed by atoms with van der Waals surface area (Å²) in [4.78, 5) is 25.6. The van der Waals surface area contributed by atoms with Gasteiger partial charge in [-0.05, 0) is 55.9 Å². The number of anilines is 1. The van der Waals surface area contributed by atoms with E-state index in [0.29, 0.717) is 24.4 Å². The lowest BCUT2D eigenvalue weighted by molar-refractivity contribution is -0.117. The second-order valence-electron chi connectivity index (χ2n) is 5.95. The van der Waals surface area contributed by atoms with E-state index in [-0.39, 0.29) is 18.4 Å². The summed E-state index contributed by atoms with van der Waals surface area (Å²) in [6.07, 6.45) is 0. The van der Waals surface area contributed by atoms with Crippen molar-refractivity contribution in [3.05, 3.63) is 59.7 Å². The van der Waals surface area contributed by atoms with Crippen LogP contribution >= 0.6 is 0 Å². The number of benzene rings is 2. The molecule has 138 valence electrons. The molecule has 0 saturated heterocycles. The summed E-state index contributed by atoms with van der Waals surface area (Å²) in [5.41, 5.74) is 2.33. The minimum absolute atomic E-state index is 0.105. The third-order valence-corrected chi connectivity index (χ3v) is 3.76. The van der Waals surface area contributed by atoms with Gasteiger partial charge in [0, 0.05) is 24.8 Å². The van der Waals surface area contributed by atoms with Gasteiger partial charge in [-0.25, -0.2) is 0 Å². The Morgan fingerprint density at radius 2 is 1.69 bits per heavy atom. The number of hydrogen-bond donors (Lipinski definition) is 2. The van der Waals surface area contributed by atoms with Crippen molar-refractivity contribution < 1.29 is 14.3 Å². The number of ether oxygens (including phenoxy) is 1. The van der Waals surface area contributed by atoms with Gasteiger partial charge in [0.1, 0.15) is 5.75 Å². The molecule has 2 rings (SSSR count). The first kappa shape index (κ1) is 19.5. The molecule has 0 aliphatic carbocycles. The van der Waals surface area contributed by atoms with E-state index in [1.165, 1.54) is 0 Å². The topological polar surface area (TPSA) is 70.7 Å². The van der Waals surface area contributed by atoms with Crippen LogP contribution in [0.2, 0.25) is 0 Å². The van der Waals surface area contributed by atoms with Crippen LogP contribution in [0.25, 0.3) is 0 Å². The second-order valence-corrected chi connectivity index (χ2v) is 5.95. The Morgan fingerprint density at radius 3 is 2.27 bits per heavy atom. The SMILES string of the molecule is CCOc1ccc(CN(C)CC(=O)Nc2ccc(C(=O)NC)cc2)cc1. The highest BCUT2D eigenvalue weighted by Gasteiger charge is 2.09. The van der Waals surface area contributed by atoms with Gasteiger partial charge in [-0.15, -0.1) is 0 Å². The standard InChI is InChI=1S/C20H25N3O3/c1-4-26-18-11-5-15(6-12-18)13-23(3)14-19(24)22-17-9-7-16(8-10-17)20(25)21-2/h5-12H,4,13-14H2,1-3H3,(H,21,25)(H,22,24). The van der Waals surface area contributed by atoms with Crippen molar-refractivity contribution in [1.29, 1.82) is 0 Å². The molecular formula is C20H25N3O3. The van der Waals surface area contributed by atoms with Crippen molar-refractivity contribution in [2.75, 3.05) is 32.6 Å². The molecule has 2 aromatic rings. The Balaban J connectivity index is 1.83. The maximum Gasteiger partial charge on any atom is 0.251 e. The Bertz CT molecular complexity index is 727. The van der Waals surface area contributed by atoms with Crippen LogP contribution in [0, 0.1) is 0 Å². The van der Waals surface area contributed by atoms with Crippen LogP contribution in [-0.4, -0.2) is 44.0 Å². The number of carbonyl (C=O) groups is 2. The van der Waals surface area contributed by atoms with Crippen molar-refractivity contribution >= 4 is 17.5 Å². The highest BCUT2D eigenvalue weighted by atomic mass is 16.5. The van der Waals surface area contributed by atoms with Crippen LogP contribution in [0.4, 0.5) is 5.69 Å². The first-order chi connectivity index (χ1) is 12.5. The Kier molecular flexibility index (Phi) is 7.17. The van der Waals surface area contributed by atoms with Crippen LogP contribution in [0.3, 0.4) is 0 Å². The summed E-state index contributed by atoms with van der Waals surface area (Å²) < 4.78 is 5.42. The van der Waals surface area contributed by atoms with Crippen molar-refractivity contribution in [1.82, 2.24) is 10.2 Å². The predicted molar refractivity (Wildman–Crippen MR) is 102 cm³/mol. The fraction of sp³-hybridized carbons (Fsp3) is 0.300. The van der Waals surface area contributed by atoms with Crippen LogP contribution in [0.1, 0.15) is 22.8 Å². The molecule has 6 heteroatoms. The van der Waals surface area contributed by atoms with E-state index in [0.717, 1.165) is 11.3 Å². The molecule has 0 unspecified atom stereocenters. The molecule has 6 nitrogen and oxygen atoms in total. The summed E-state index contributed by atoms with van der Waals surface area (Å²) in [5, 5.41) is 5.40. The maximum atomic E-state index is 12.2. The largest absolute Gasteiger partial charge is 0.494 e. The second kappa shape index (κ2) is 9.58. The molecule has 0 atom stereocenters. The highest BCUT2D eigenvalue weighted by Crippen LogP contribution is 2.13. The first-order valence-electron chi connectivity index (χ1n) is 8.54. The van der Waals surface area contributed by atoms with Crippen molar-refractivity contribution in [3.63, 3.8) is 0 Å². The zero-order valence-electron chi connectivity index (χ0n) is 15.4. The Labute approximate surface area is 154 Å². The lowest BCUT2D eigenvalue weighted by Gasteiger charge is -2.16. The summed E-state index contributed by atoms with van der Waals surface area (Å²) in [6.45, 7) is 3.52. The molecule has 0 heterocycles.